The summed E-state index contributed by atoms with van der Waals surface area (Å²) in [4.78, 5) is 8.72. The Kier molecular flexibility index (Phi) is 4.36. The largest absolute Gasteiger partial charge is 0.360 e. The van der Waals surface area contributed by atoms with Crippen LogP contribution in [-0.2, 0) is 0 Å². The monoisotopic (exact) mass is 349 g/mol. The summed E-state index contributed by atoms with van der Waals surface area (Å²) in [6.07, 6.45) is 0. The van der Waals surface area contributed by atoms with Gasteiger partial charge in [0, 0.05) is 17.8 Å². The van der Waals surface area contributed by atoms with E-state index >= 15 is 0 Å². The van der Waals surface area contributed by atoms with Crippen molar-refractivity contribution in [1.29, 1.82) is 0 Å². The molecule has 8 heteroatoms. The summed E-state index contributed by atoms with van der Waals surface area (Å²) in [7, 11) is 0. The van der Waals surface area contributed by atoms with Crippen LogP contribution >= 0.6 is 23.2 Å². The van der Waals surface area contributed by atoms with Gasteiger partial charge in [-0.2, -0.15) is 4.98 Å². The summed E-state index contributed by atoms with van der Waals surface area (Å²) in [5.74, 6) is 2.24. The molecule has 0 aliphatic heterocycles. The molecule has 23 heavy (non-hydrogen) atoms. The van der Waals surface area contributed by atoms with Crippen molar-refractivity contribution in [3.63, 3.8) is 0 Å². The van der Waals surface area contributed by atoms with Crippen molar-refractivity contribution in [2.24, 2.45) is 0 Å². The number of nitrogens with one attached hydrogen (secondary N) is 2. The molecular formula is C15H13Cl2N5O. The minimum Gasteiger partial charge on any atom is -0.360 e. The van der Waals surface area contributed by atoms with E-state index in [2.05, 4.69) is 25.8 Å². The Hall–Kier alpha value is -2.31. The quantitative estimate of drug-likeness (QED) is 0.699. The average Bonchev–Trinajstić information content (AvgIpc) is 2.88. The van der Waals surface area contributed by atoms with Gasteiger partial charge in [-0.3, -0.25) is 0 Å². The molecule has 0 fully saturated rings. The summed E-state index contributed by atoms with van der Waals surface area (Å²) in [5.41, 5.74) is 1.33. The fraction of sp³-hybridized carbons (Fsp3) is 0.133. The minimum atomic E-state index is 0.378. The molecule has 3 rings (SSSR count). The second-order valence-corrected chi connectivity index (χ2v) is 5.70. The number of hydrogen-bond acceptors (Lipinski definition) is 6. The zero-order valence-corrected chi connectivity index (χ0v) is 13.9. The summed E-state index contributed by atoms with van der Waals surface area (Å²) < 4.78 is 5.02. The van der Waals surface area contributed by atoms with Crippen molar-refractivity contribution < 1.29 is 4.52 Å². The molecule has 0 saturated heterocycles. The molecule has 0 aliphatic carbocycles. The first-order chi connectivity index (χ1) is 11.0. The predicted molar refractivity (Wildman–Crippen MR) is 91.0 cm³/mol. The molecular weight excluding hydrogens is 337 g/mol. The maximum atomic E-state index is 6.15. The Balaban J connectivity index is 1.88. The summed E-state index contributed by atoms with van der Waals surface area (Å²) in [6, 6.07) is 8.82. The fourth-order valence-corrected chi connectivity index (χ4v) is 2.47. The minimum absolute atomic E-state index is 0.378. The van der Waals surface area contributed by atoms with Crippen molar-refractivity contribution in [1.82, 2.24) is 15.1 Å². The van der Waals surface area contributed by atoms with Crippen molar-refractivity contribution in [2.75, 3.05) is 10.6 Å². The van der Waals surface area contributed by atoms with Crippen molar-refractivity contribution in [3.8, 4) is 0 Å². The van der Waals surface area contributed by atoms with E-state index in [4.69, 9.17) is 27.7 Å². The number of nitrogens with zero attached hydrogens (tertiary/aromatic N) is 3. The van der Waals surface area contributed by atoms with Gasteiger partial charge in [0.25, 0.3) is 0 Å². The highest BCUT2D eigenvalue weighted by Gasteiger charge is 2.10. The third kappa shape index (κ3) is 3.72. The van der Waals surface area contributed by atoms with Crippen LogP contribution in [0.3, 0.4) is 0 Å². The predicted octanol–water partition coefficient (Wildman–Crippen LogP) is 4.88. The third-order valence-corrected chi connectivity index (χ3v) is 3.57. The number of aromatic nitrogens is 3. The van der Waals surface area contributed by atoms with E-state index in [0.717, 1.165) is 5.69 Å². The molecule has 0 amide bonds. The second-order valence-electron chi connectivity index (χ2n) is 4.89. The van der Waals surface area contributed by atoms with Gasteiger partial charge in [0.2, 0.25) is 5.95 Å². The SMILES string of the molecule is Cc1cc(Nc2cc(C)on2)nc(Nc2c(Cl)cccc2Cl)n1. The molecule has 6 nitrogen and oxygen atoms in total. The van der Waals surface area contributed by atoms with Gasteiger partial charge in [-0.15, -0.1) is 0 Å². The van der Waals surface area contributed by atoms with E-state index in [9.17, 15) is 0 Å². The third-order valence-electron chi connectivity index (χ3n) is 2.94. The van der Waals surface area contributed by atoms with Crippen molar-refractivity contribution in [3.05, 3.63) is 51.8 Å². The van der Waals surface area contributed by atoms with Gasteiger partial charge in [-0.1, -0.05) is 34.4 Å². The number of anilines is 4. The van der Waals surface area contributed by atoms with Crippen LogP contribution in [0.1, 0.15) is 11.5 Å². The molecule has 3 aromatic rings. The average molecular weight is 350 g/mol. The van der Waals surface area contributed by atoms with Gasteiger partial charge in [0.05, 0.1) is 15.7 Å². The Labute approximate surface area is 142 Å². The normalized spacial score (nSPS) is 10.6. The number of benzene rings is 1. The highest BCUT2D eigenvalue weighted by molar-refractivity contribution is 6.39. The van der Waals surface area contributed by atoms with E-state index < -0.39 is 0 Å². The van der Waals surface area contributed by atoms with Gasteiger partial charge in [0.1, 0.15) is 11.6 Å². The first-order valence-electron chi connectivity index (χ1n) is 6.78. The van der Waals surface area contributed by atoms with Gasteiger partial charge < -0.3 is 15.2 Å². The number of hydrogen-bond donors (Lipinski definition) is 2. The lowest BCUT2D eigenvalue weighted by Gasteiger charge is -2.11. The molecule has 2 N–H and O–H groups in total. The standard InChI is InChI=1S/C15H13Cl2N5O/c1-8-6-12(19-13-7-9(2)23-22-13)20-15(18-8)21-14-10(16)4-3-5-11(14)17/h3-7H,1-2H3,(H2,18,19,20,21,22). The van der Waals surface area contributed by atoms with Crippen molar-refractivity contribution >= 4 is 46.5 Å². The molecule has 118 valence electrons. The lowest BCUT2D eigenvalue weighted by Crippen LogP contribution is -2.03. The van der Waals surface area contributed by atoms with E-state index in [1.165, 1.54) is 0 Å². The zero-order chi connectivity index (χ0) is 16.4. The molecule has 0 spiro atoms. The van der Waals surface area contributed by atoms with Gasteiger partial charge in [-0.05, 0) is 26.0 Å². The summed E-state index contributed by atoms with van der Waals surface area (Å²) in [6.45, 7) is 3.68. The first kappa shape index (κ1) is 15.6. The van der Waals surface area contributed by atoms with E-state index in [1.807, 2.05) is 13.8 Å². The molecule has 0 bridgehead atoms. The molecule has 0 atom stereocenters. The van der Waals surface area contributed by atoms with Crippen molar-refractivity contribution in [2.45, 2.75) is 13.8 Å². The highest BCUT2D eigenvalue weighted by Crippen LogP contribution is 2.32. The Morgan fingerprint density at radius 2 is 1.70 bits per heavy atom. The molecule has 0 unspecified atom stereocenters. The van der Waals surface area contributed by atoms with E-state index in [0.29, 0.717) is 39.1 Å². The lowest BCUT2D eigenvalue weighted by molar-refractivity contribution is 0.400. The summed E-state index contributed by atoms with van der Waals surface area (Å²) in [5, 5.41) is 11.0. The smallest absolute Gasteiger partial charge is 0.229 e. The van der Waals surface area contributed by atoms with Gasteiger partial charge in [0.15, 0.2) is 5.82 Å². The fourth-order valence-electron chi connectivity index (χ4n) is 1.97. The number of aryl methyl sites for hydroxylation is 2. The molecule has 0 saturated carbocycles. The van der Waals surface area contributed by atoms with Crippen LogP contribution in [-0.4, -0.2) is 15.1 Å². The van der Waals surface area contributed by atoms with Crippen LogP contribution < -0.4 is 10.6 Å². The number of para-hydroxylation sites is 1. The maximum absolute atomic E-state index is 6.15. The van der Waals surface area contributed by atoms with Gasteiger partial charge >= 0.3 is 0 Å². The van der Waals surface area contributed by atoms with E-state index in [1.54, 1.807) is 30.3 Å². The molecule has 2 aromatic heterocycles. The number of rotatable bonds is 4. The molecule has 1 aromatic carbocycles. The lowest BCUT2D eigenvalue weighted by atomic mass is 10.3. The Bertz CT molecular complexity index is 829. The zero-order valence-electron chi connectivity index (χ0n) is 12.4. The first-order valence-corrected chi connectivity index (χ1v) is 7.54. The van der Waals surface area contributed by atoms with Crippen LogP contribution in [0.25, 0.3) is 0 Å². The van der Waals surface area contributed by atoms with Crippen LogP contribution in [0.2, 0.25) is 10.0 Å². The topological polar surface area (TPSA) is 75.9 Å². The molecule has 0 radical (unpaired) electrons. The Morgan fingerprint density at radius 1 is 0.957 bits per heavy atom. The second kappa shape index (κ2) is 6.44. The maximum Gasteiger partial charge on any atom is 0.229 e. The summed E-state index contributed by atoms with van der Waals surface area (Å²) >= 11 is 12.3. The van der Waals surface area contributed by atoms with E-state index in [-0.39, 0.29) is 0 Å². The van der Waals surface area contributed by atoms with Crippen LogP contribution in [0.5, 0.6) is 0 Å². The van der Waals surface area contributed by atoms with Crippen LogP contribution in [0.15, 0.2) is 34.9 Å². The van der Waals surface area contributed by atoms with Crippen LogP contribution in [0, 0.1) is 13.8 Å². The number of halogens is 2. The Morgan fingerprint density at radius 3 is 2.35 bits per heavy atom. The molecule has 0 aliphatic rings. The molecule has 2 heterocycles. The van der Waals surface area contributed by atoms with Crippen LogP contribution in [0.4, 0.5) is 23.3 Å². The highest BCUT2D eigenvalue weighted by atomic mass is 35.5. The van der Waals surface area contributed by atoms with Gasteiger partial charge in [-0.25, -0.2) is 4.98 Å².